The molecule has 0 unspecified atom stereocenters. The molecule has 0 atom stereocenters. The lowest BCUT2D eigenvalue weighted by atomic mass is 10.2. The average Bonchev–Trinajstić information content (AvgIpc) is 2.80. The second kappa shape index (κ2) is 6.05. The molecule has 0 saturated heterocycles. The van der Waals surface area contributed by atoms with Crippen LogP contribution in [0.1, 0.15) is 17.8 Å². The van der Waals surface area contributed by atoms with Gasteiger partial charge < -0.3 is 9.30 Å². The summed E-state index contributed by atoms with van der Waals surface area (Å²) in [4.78, 5) is 7.31. The summed E-state index contributed by atoms with van der Waals surface area (Å²) in [6, 6.07) is 16.8. The lowest BCUT2D eigenvalue weighted by Gasteiger charge is -2.19. The molecule has 0 spiro atoms. The summed E-state index contributed by atoms with van der Waals surface area (Å²) in [5.74, 6) is 2.09. The van der Waals surface area contributed by atoms with Gasteiger partial charge in [0.15, 0.2) is 0 Å². The quantitative estimate of drug-likeness (QED) is 0.742. The molecule has 1 aliphatic rings. The molecule has 1 aliphatic heterocycles. The second-order valence-corrected chi connectivity index (χ2v) is 6.08. The van der Waals surface area contributed by atoms with Crippen LogP contribution in [0.5, 0.6) is 5.75 Å². The first-order chi connectivity index (χ1) is 11.3. The second-order valence-electron chi connectivity index (χ2n) is 6.08. The Bertz CT molecular complexity index is 824. The summed E-state index contributed by atoms with van der Waals surface area (Å²) in [7, 11) is 1.72. The van der Waals surface area contributed by atoms with Crippen molar-refractivity contribution >= 4 is 11.0 Å². The molecule has 4 rings (SSSR count). The average molecular weight is 307 g/mol. The van der Waals surface area contributed by atoms with Crippen LogP contribution in [0.3, 0.4) is 0 Å². The fourth-order valence-electron chi connectivity index (χ4n) is 3.39. The molecular formula is C19H21N3O. The molecule has 0 N–H and O–H groups in total. The number of para-hydroxylation sites is 2. The van der Waals surface area contributed by atoms with E-state index in [0.29, 0.717) is 0 Å². The molecule has 118 valence electrons. The van der Waals surface area contributed by atoms with Crippen molar-refractivity contribution in [2.24, 2.45) is 0 Å². The van der Waals surface area contributed by atoms with E-state index in [1.165, 1.54) is 16.9 Å². The molecule has 4 nitrogen and oxygen atoms in total. The molecule has 23 heavy (non-hydrogen) atoms. The molecule has 0 fully saturated rings. The number of nitrogens with zero attached hydrogens (tertiary/aromatic N) is 3. The molecule has 0 aliphatic carbocycles. The van der Waals surface area contributed by atoms with E-state index < -0.39 is 0 Å². The number of fused-ring (bicyclic) bond motifs is 3. The molecule has 2 aromatic carbocycles. The Labute approximate surface area is 136 Å². The van der Waals surface area contributed by atoms with Crippen LogP contribution in [0.2, 0.25) is 0 Å². The van der Waals surface area contributed by atoms with Crippen molar-refractivity contribution < 1.29 is 4.74 Å². The van der Waals surface area contributed by atoms with Crippen LogP contribution in [0.15, 0.2) is 48.5 Å². The van der Waals surface area contributed by atoms with Crippen molar-refractivity contribution in [1.82, 2.24) is 14.5 Å². The van der Waals surface area contributed by atoms with E-state index in [1.54, 1.807) is 7.11 Å². The first-order valence-electron chi connectivity index (χ1n) is 8.13. The fraction of sp³-hybridized carbons (Fsp3) is 0.316. The maximum absolute atomic E-state index is 5.33. The van der Waals surface area contributed by atoms with Gasteiger partial charge in [-0.2, -0.15) is 0 Å². The lowest BCUT2D eigenvalue weighted by molar-refractivity contribution is 0.258. The predicted molar refractivity (Wildman–Crippen MR) is 91.5 cm³/mol. The Morgan fingerprint density at radius 1 is 1.09 bits per heavy atom. The number of ether oxygens (including phenoxy) is 1. The zero-order valence-corrected chi connectivity index (χ0v) is 13.4. The summed E-state index contributed by atoms with van der Waals surface area (Å²) >= 11 is 0. The summed E-state index contributed by atoms with van der Waals surface area (Å²) in [6.07, 6.45) is 1.15. The van der Waals surface area contributed by atoms with E-state index in [4.69, 9.17) is 9.72 Å². The number of benzene rings is 2. The van der Waals surface area contributed by atoms with Gasteiger partial charge in [-0.15, -0.1) is 0 Å². The largest absolute Gasteiger partial charge is 0.497 e. The molecule has 0 amide bonds. The topological polar surface area (TPSA) is 30.3 Å². The zero-order valence-electron chi connectivity index (χ0n) is 13.4. The van der Waals surface area contributed by atoms with Gasteiger partial charge in [-0.25, -0.2) is 4.98 Å². The Morgan fingerprint density at radius 2 is 2.00 bits per heavy atom. The number of aromatic nitrogens is 2. The van der Waals surface area contributed by atoms with Gasteiger partial charge in [0, 0.05) is 19.6 Å². The molecule has 0 bridgehead atoms. The Kier molecular flexibility index (Phi) is 3.75. The van der Waals surface area contributed by atoms with Gasteiger partial charge in [0.1, 0.15) is 11.6 Å². The highest BCUT2D eigenvalue weighted by molar-refractivity contribution is 5.75. The standard InChI is InChI=1S/C19H21N3O/c1-23-16-7-4-6-15(12-16)13-21-10-5-11-22-18-9-3-2-8-17(18)20-19(22)14-21/h2-4,6-9,12H,5,10-11,13-14H2,1H3. The molecular weight excluding hydrogens is 286 g/mol. The van der Waals surface area contributed by atoms with Crippen molar-refractivity contribution in [3.05, 3.63) is 59.9 Å². The van der Waals surface area contributed by atoms with Crippen molar-refractivity contribution in [1.29, 1.82) is 0 Å². The minimum absolute atomic E-state index is 0.895. The van der Waals surface area contributed by atoms with Crippen LogP contribution in [0, 0.1) is 0 Å². The monoisotopic (exact) mass is 307 g/mol. The SMILES string of the molecule is COc1cccc(CN2CCCn3c(nc4ccccc43)C2)c1. The maximum atomic E-state index is 5.33. The van der Waals surface area contributed by atoms with Crippen molar-refractivity contribution in [3.63, 3.8) is 0 Å². The van der Waals surface area contributed by atoms with Crippen molar-refractivity contribution in [2.75, 3.05) is 13.7 Å². The third-order valence-corrected chi connectivity index (χ3v) is 4.50. The van der Waals surface area contributed by atoms with Crippen molar-refractivity contribution in [2.45, 2.75) is 26.1 Å². The van der Waals surface area contributed by atoms with Gasteiger partial charge in [-0.3, -0.25) is 4.90 Å². The fourth-order valence-corrected chi connectivity index (χ4v) is 3.39. The van der Waals surface area contributed by atoms with Gasteiger partial charge in [-0.1, -0.05) is 24.3 Å². The summed E-state index contributed by atoms with van der Waals surface area (Å²) in [5, 5.41) is 0. The van der Waals surface area contributed by atoms with Crippen LogP contribution in [0.4, 0.5) is 0 Å². The number of imidazole rings is 1. The molecule has 0 saturated carbocycles. The Hall–Kier alpha value is -2.33. The van der Waals surface area contributed by atoms with Crippen LogP contribution >= 0.6 is 0 Å². The van der Waals surface area contributed by atoms with Crippen LogP contribution < -0.4 is 4.74 Å². The normalized spacial score (nSPS) is 15.3. The first-order valence-corrected chi connectivity index (χ1v) is 8.13. The highest BCUT2D eigenvalue weighted by Crippen LogP contribution is 2.22. The molecule has 3 aromatic rings. The number of aryl methyl sites for hydroxylation is 1. The Morgan fingerprint density at radius 3 is 2.91 bits per heavy atom. The van der Waals surface area contributed by atoms with Crippen molar-refractivity contribution in [3.8, 4) is 5.75 Å². The molecule has 1 aromatic heterocycles. The van der Waals surface area contributed by atoms with E-state index in [2.05, 4.69) is 51.9 Å². The first kappa shape index (κ1) is 14.3. The lowest BCUT2D eigenvalue weighted by Crippen LogP contribution is -2.23. The minimum Gasteiger partial charge on any atom is -0.497 e. The minimum atomic E-state index is 0.895. The highest BCUT2D eigenvalue weighted by atomic mass is 16.5. The van der Waals surface area contributed by atoms with E-state index in [9.17, 15) is 0 Å². The zero-order chi connectivity index (χ0) is 15.6. The van der Waals surface area contributed by atoms with Gasteiger partial charge in [0.2, 0.25) is 0 Å². The van der Waals surface area contributed by atoms with E-state index >= 15 is 0 Å². The molecule has 4 heteroatoms. The number of hydrogen-bond acceptors (Lipinski definition) is 3. The molecule has 2 heterocycles. The smallest absolute Gasteiger partial charge is 0.124 e. The Balaban J connectivity index is 1.59. The van der Waals surface area contributed by atoms with Gasteiger partial charge in [0.05, 0.1) is 24.7 Å². The third-order valence-electron chi connectivity index (χ3n) is 4.50. The summed E-state index contributed by atoms with van der Waals surface area (Å²) in [5.41, 5.74) is 3.64. The van der Waals surface area contributed by atoms with Crippen LogP contribution in [0.25, 0.3) is 11.0 Å². The molecule has 0 radical (unpaired) electrons. The van der Waals surface area contributed by atoms with E-state index in [0.717, 1.165) is 43.9 Å². The van der Waals surface area contributed by atoms with Crippen LogP contribution in [-0.4, -0.2) is 28.1 Å². The maximum Gasteiger partial charge on any atom is 0.124 e. The predicted octanol–water partition coefficient (Wildman–Crippen LogP) is 3.45. The van der Waals surface area contributed by atoms with Gasteiger partial charge in [0.25, 0.3) is 0 Å². The number of hydrogen-bond donors (Lipinski definition) is 0. The van der Waals surface area contributed by atoms with Gasteiger partial charge >= 0.3 is 0 Å². The summed E-state index contributed by atoms with van der Waals surface area (Å²) in [6.45, 7) is 3.96. The number of rotatable bonds is 3. The van der Waals surface area contributed by atoms with E-state index in [1.807, 2.05) is 6.07 Å². The highest BCUT2D eigenvalue weighted by Gasteiger charge is 2.18. The van der Waals surface area contributed by atoms with Crippen LogP contribution in [-0.2, 0) is 19.6 Å². The third kappa shape index (κ3) is 2.82. The van der Waals surface area contributed by atoms with E-state index in [-0.39, 0.29) is 0 Å². The van der Waals surface area contributed by atoms with Gasteiger partial charge in [-0.05, 0) is 36.2 Å². The number of methoxy groups -OCH3 is 1. The summed E-state index contributed by atoms with van der Waals surface area (Å²) < 4.78 is 7.71.